The highest BCUT2D eigenvalue weighted by Gasteiger charge is 2.10. The van der Waals surface area contributed by atoms with Gasteiger partial charge in [0.25, 0.3) is 0 Å². The first-order valence-electron chi connectivity index (χ1n) is 4.66. The first-order chi connectivity index (χ1) is 7.40. The van der Waals surface area contributed by atoms with Crippen LogP contribution in [0.25, 0.3) is 17.0 Å². The van der Waals surface area contributed by atoms with Crippen molar-refractivity contribution in [3.8, 4) is 6.07 Å². The van der Waals surface area contributed by atoms with Gasteiger partial charge in [0.1, 0.15) is 11.8 Å². The second-order valence-electron chi connectivity index (χ2n) is 3.36. The van der Waals surface area contributed by atoms with Gasteiger partial charge in [-0.3, -0.25) is 0 Å². The predicted molar refractivity (Wildman–Crippen MR) is 59.6 cm³/mol. The highest BCUT2D eigenvalue weighted by molar-refractivity contribution is 5.94. The van der Waals surface area contributed by atoms with Crippen molar-refractivity contribution in [2.75, 3.05) is 0 Å². The molecule has 3 rings (SSSR count). The number of aromatic nitrogens is 1. The van der Waals surface area contributed by atoms with Crippen molar-refractivity contribution in [1.29, 1.82) is 5.26 Å². The summed E-state index contributed by atoms with van der Waals surface area (Å²) in [6.07, 6.45) is 5.57. The number of benzene rings is 1. The average Bonchev–Trinajstić information content (AvgIpc) is 2.47. The number of hydrogen-bond donors (Lipinski definition) is 0. The van der Waals surface area contributed by atoms with Crippen molar-refractivity contribution < 1.29 is 0 Å². The summed E-state index contributed by atoms with van der Waals surface area (Å²) in [6.45, 7) is 0. The Hall–Kier alpha value is -2.34. The fraction of sp³-hybridized carbons (Fsp3) is 0. The number of para-hydroxylation sites is 1. The van der Waals surface area contributed by atoms with Gasteiger partial charge in [-0.1, -0.05) is 24.3 Å². The summed E-state index contributed by atoms with van der Waals surface area (Å²) in [5.74, 6) is 0. The Balaban J connectivity index is 2.56. The van der Waals surface area contributed by atoms with Crippen molar-refractivity contribution in [2.24, 2.45) is 5.10 Å². The van der Waals surface area contributed by atoms with Crippen LogP contribution in [0, 0.1) is 11.3 Å². The van der Waals surface area contributed by atoms with Crippen molar-refractivity contribution in [3.63, 3.8) is 0 Å². The standard InChI is InChI=1S/C12H7N3/c13-8-11-7-10-4-1-3-9-5-2-6-14-15(11)12(9)10/h1-7H. The van der Waals surface area contributed by atoms with Gasteiger partial charge >= 0.3 is 0 Å². The molecule has 0 unspecified atom stereocenters. The van der Waals surface area contributed by atoms with Gasteiger partial charge in [0.15, 0.2) is 0 Å². The normalized spacial score (nSPS) is 12.7. The molecule has 1 aromatic heterocycles. The van der Waals surface area contributed by atoms with E-state index in [0.29, 0.717) is 5.69 Å². The Morgan fingerprint density at radius 1 is 1.33 bits per heavy atom. The van der Waals surface area contributed by atoms with Gasteiger partial charge in [-0.2, -0.15) is 10.4 Å². The number of nitriles is 1. The largest absolute Gasteiger partial charge is 0.222 e. The summed E-state index contributed by atoms with van der Waals surface area (Å²) in [5, 5.41) is 14.3. The molecule has 1 aromatic carbocycles. The second-order valence-corrected chi connectivity index (χ2v) is 3.36. The van der Waals surface area contributed by atoms with Crippen LogP contribution in [0.3, 0.4) is 0 Å². The minimum Gasteiger partial charge on any atom is -0.222 e. The lowest BCUT2D eigenvalue weighted by molar-refractivity contribution is 0.915. The molecule has 0 aliphatic carbocycles. The zero-order valence-electron chi connectivity index (χ0n) is 7.88. The van der Waals surface area contributed by atoms with Crippen LogP contribution in [0.2, 0.25) is 0 Å². The van der Waals surface area contributed by atoms with Crippen molar-refractivity contribution in [3.05, 3.63) is 41.6 Å². The molecule has 0 saturated heterocycles. The Morgan fingerprint density at radius 3 is 3.13 bits per heavy atom. The van der Waals surface area contributed by atoms with E-state index in [2.05, 4.69) is 11.2 Å². The Labute approximate surface area is 86.6 Å². The van der Waals surface area contributed by atoms with Crippen molar-refractivity contribution in [1.82, 2.24) is 4.68 Å². The van der Waals surface area contributed by atoms with Gasteiger partial charge in [0, 0.05) is 17.2 Å². The average molecular weight is 193 g/mol. The lowest BCUT2D eigenvalue weighted by Crippen LogP contribution is -1.91. The zero-order valence-corrected chi connectivity index (χ0v) is 7.88. The first kappa shape index (κ1) is 8.01. The van der Waals surface area contributed by atoms with Crippen molar-refractivity contribution >= 4 is 23.2 Å². The minimum absolute atomic E-state index is 0.567. The minimum atomic E-state index is 0.567. The lowest BCUT2D eigenvalue weighted by atomic mass is 10.1. The molecule has 1 aliphatic rings. The van der Waals surface area contributed by atoms with E-state index in [0.717, 1.165) is 16.5 Å². The topological polar surface area (TPSA) is 41.1 Å². The molecular formula is C12H7N3. The van der Waals surface area contributed by atoms with E-state index in [9.17, 15) is 0 Å². The number of rotatable bonds is 0. The molecule has 0 bridgehead atoms. The Bertz CT molecular complexity index is 639. The monoisotopic (exact) mass is 193 g/mol. The van der Waals surface area contributed by atoms with E-state index < -0.39 is 0 Å². The lowest BCUT2D eigenvalue weighted by Gasteiger charge is -1.99. The molecule has 0 saturated carbocycles. The van der Waals surface area contributed by atoms with Crippen molar-refractivity contribution in [2.45, 2.75) is 0 Å². The van der Waals surface area contributed by atoms with E-state index in [1.807, 2.05) is 36.4 Å². The molecule has 15 heavy (non-hydrogen) atoms. The second kappa shape index (κ2) is 2.82. The Morgan fingerprint density at radius 2 is 2.27 bits per heavy atom. The molecular weight excluding hydrogens is 186 g/mol. The third kappa shape index (κ3) is 1.02. The molecule has 70 valence electrons. The summed E-state index contributed by atoms with van der Waals surface area (Å²) in [6, 6.07) is 10.00. The SMILES string of the molecule is N#Cc1cc2cccc3c2n1N=CC=C3. The third-order valence-corrected chi connectivity index (χ3v) is 2.49. The molecule has 2 heterocycles. The maximum Gasteiger partial charge on any atom is 0.143 e. The van der Waals surface area contributed by atoms with Gasteiger partial charge in [-0.15, -0.1) is 0 Å². The fourth-order valence-electron chi connectivity index (χ4n) is 1.86. The van der Waals surface area contributed by atoms with E-state index in [-0.39, 0.29) is 0 Å². The Kier molecular flexibility index (Phi) is 1.51. The highest BCUT2D eigenvalue weighted by Crippen LogP contribution is 2.25. The van der Waals surface area contributed by atoms with Crippen LogP contribution in [0.4, 0.5) is 0 Å². The molecule has 0 N–H and O–H groups in total. The van der Waals surface area contributed by atoms with Crippen LogP contribution in [-0.2, 0) is 0 Å². The molecule has 0 atom stereocenters. The van der Waals surface area contributed by atoms with Crippen LogP contribution in [-0.4, -0.2) is 10.9 Å². The summed E-state index contributed by atoms with van der Waals surface area (Å²) >= 11 is 0. The van der Waals surface area contributed by atoms with Crippen LogP contribution < -0.4 is 0 Å². The third-order valence-electron chi connectivity index (χ3n) is 2.49. The molecule has 3 heteroatoms. The number of hydrogen-bond acceptors (Lipinski definition) is 2. The molecule has 0 amide bonds. The van der Waals surface area contributed by atoms with E-state index in [1.54, 1.807) is 10.9 Å². The molecule has 2 aromatic rings. The number of nitrogens with zero attached hydrogens (tertiary/aromatic N) is 3. The highest BCUT2D eigenvalue weighted by atomic mass is 15.3. The van der Waals surface area contributed by atoms with Crippen LogP contribution >= 0.6 is 0 Å². The summed E-state index contributed by atoms with van der Waals surface area (Å²) in [5.41, 5.74) is 2.66. The predicted octanol–water partition coefficient (Wildman–Crippen LogP) is 2.37. The van der Waals surface area contributed by atoms with Gasteiger partial charge in [-0.05, 0) is 12.1 Å². The smallest absolute Gasteiger partial charge is 0.143 e. The molecule has 0 fully saturated rings. The molecule has 0 spiro atoms. The quantitative estimate of drug-likeness (QED) is 0.633. The first-order valence-corrected chi connectivity index (χ1v) is 4.66. The summed E-state index contributed by atoms with van der Waals surface area (Å²) in [7, 11) is 0. The number of allylic oxidation sites excluding steroid dienone is 1. The van der Waals surface area contributed by atoms with E-state index in [4.69, 9.17) is 5.26 Å². The molecule has 0 radical (unpaired) electrons. The van der Waals surface area contributed by atoms with E-state index in [1.165, 1.54) is 0 Å². The molecule has 3 nitrogen and oxygen atoms in total. The summed E-state index contributed by atoms with van der Waals surface area (Å²) < 4.78 is 1.69. The summed E-state index contributed by atoms with van der Waals surface area (Å²) in [4.78, 5) is 0. The van der Waals surface area contributed by atoms with Gasteiger partial charge in [0.2, 0.25) is 0 Å². The van der Waals surface area contributed by atoms with Crippen LogP contribution in [0.1, 0.15) is 11.3 Å². The zero-order chi connectivity index (χ0) is 10.3. The van der Waals surface area contributed by atoms with Gasteiger partial charge in [-0.25, -0.2) is 4.68 Å². The molecule has 1 aliphatic heterocycles. The van der Waals surface area contributed by atoms with Gasteiger partial charge < -0.3 is 0 Å². The maximum absolute atomic E-state index is 8.99. The fourth-order valence-corrected chi connectivity index (χ4v) is 1.86. The maximum atomic E-state index is 8.99. The van der Waals surface area contributed by atoms with Gasteiger partial charge in [0.05, 0.1) is 5.52 Å². The van der Waals surface area contributed by atoms with E-state index >= 15 is 0 Å². The van der Waals surface area contributed by atoms with Crippen LogP contribution in [0.5, 0.6) is 0 Å². The van der Waals surface area contributed by atoms with Crippen LogP contribution in [0.15, 0.2) is 35.4 Å².